The highest BCUT2D eigenvalue weighted by Gasteiger charge is 2.11. The van der Waals surface area contributed by atoms with Gasteiger partial charge in [-0.05, 0) is 42.0 Å². The van der Waals surface area contributed by atoms with Crippen LogP contribution in [0.1, 0.15) is 16.1 Å². The Morgan fingerprint density at radius 2 is 1.83 bits per heavy atom. The van der Waals surface area contributed by atoms with Gasteiger partial charge in [-0.1, -0.05) is 23.7 Å². The largest absolute Gasteiger partial charge is 0.351 e. The molecule has 0 fully saturated rings. The van der Waals surface area contributed by atoms with Gasteiger partial charge in [-0.15, -0.1) is 0 Å². The van der Waals surface area contributed by atoms with Crippen molar-refractivity contribution < 1.29 is 13.2 Å². The molecule has 24 heavy (non-hydrogen) atoms. The summed E-state index contributed by atoms with van der Waals surface area (Å²) in [5.41, 5.74) is 2.32. The van der Waals surface area contributed by atoms with E-state index in [4.69, 9.17) is 16.7 Å². The van der Waals surface area contributed by atoms with E-state index >= 15 is 0 Å². The third-order valence-corrected chi connectivity index (χ3v) is 4.38. The van der Waals surface area contributed by atoms with Crippen molar-refractivity contribution in [1.82, 2.24) is 4.98 Å². The number of primary sulfonamides is 1. The number of sulfonamides is 1. The lowest BCUT2D eigenvalue weighted by Gasteiger charge is -2.05. The summed E-state index contributed by atoms with van der Waals surface area (Å²) in [6, 6.07) is 13.5. The van der Waals surface area contributed by atoms with Crippen molar-refractivity contribution in [2.45, 2.75) is 5.75 Å². The Hall–Kier alpha value is -2.35. The minimum absolute atomic E-state index is 0.246. The average molecular weight is 364 g/mol. The van der Waals surface area contributed by atoms with E-state index in [9.17, 15) is 13.2 Å². The fourth-order valence-corrected chi connectivity index (χ4v) is 3.18. The zero-order valence-corrected chi connectivity index (χ0v) is 14.0. The molecular weight excluding hydrogens is 350 g/mol. The highest BCUT2D eigenvalue weighted by molar-refractivity contribution is 7.88. The van der Waals surface area contributed by atoms with Gasteiger partial charge in [-0.2, -0.15) is 0 Å². The zero-order valence-electron chi connectivity index (χ0n) is 12.4. The van der Waals surface area contributed by atoms with Crippen molar-refractivity contribution in [3.63, 3.8) is 0 Å². The summed E-state index contributed by atoms with van der Waals surface area (Å²) in [5, 5.41) is 9.18. The first-order chi connectivity index (χ1) is 11.3. The van der Waals surface area contributed by atoms with E-state index in [-0.39, 0.29) is 11.7 Å². The zero-order chi connectivity index (χ0) is 17.3. The molecule has 1 amide bonds. The number of benzene rings is 2. The number of aromatic amines is 1. The molecule has 6 nitrogen and oxygen atoms in total. The summed E-state index contributed by atoms with van der Waals surface area (Å²) in [6.45, 7) is 0. The molecule has 0 unspecified atom stereocenters. The van der Waals surface area contributed by atoms with Crippen LogP contribution < -0.4 is 10.5 Å². The van der Waals surface area contributed by atoms with Gasteiger partial charge in [0.2, 0.25) is 10.0 Å². The van der Waals surface area contributed by atoms with Crippen LogP contribution in [-0.4, -0.2) is 19.3 Å². The normalized spacial score (nSPS) is 11.6. The minimum atomic E-state index is -3.58. The van der Waals surface area contributed by atoms with Gasteiger partial charge in [0.15, 0.2) is 0 Å². The van der Waals surface area contributed by atoms with Gasteiger partial charge < -0.3 is 10.3 Å². The maximum Gasteiger partial charge on any atom is 0.272 e. The second-order valence-corrected chi connectivity index (χ2v) is 7.42. The Morgan fingerprint density at radius 3 is 2.50 bits per heavy atom. The number of amides is 1. The number of carbonyl (C=O) groups is 1. The summed E-state index contributed by atoms with van der Waals surface area (Å²) < 4.78 is 22.1. The number of aromatic nitrogens is 1. The number of rotatable bonds is 4. The molecule has 0 aliphatic carbocycles. The van der Waals surface area contributed by atoms with Gasteiger partial charge in [0, 0.05) is 21.6 Å². The number of hydrogen-bond acceptors (Lipinski definition) is 3. The summed E-state index contributed by atoms with van der Waals surface area (Å²) in [5.74, 6) is -0.550. The highest BCUT2D eigenvalue weighted by Crippen LogP contribution is 2.21. The first-order valence-electron chi connectivity index (χ1n) is 6.99. The Morgan fingerprint density at radius 1 is 1.12 bits per heavy atom. The third-order valence-electron chi connectivity index (χ3n) is 3.41. The first-order valence-corrected chi connectivity index (χ1v) is 9.08. The van der Waals surface area contributed by atoms with E-state index in [0.29, 0.717) is 22.0 Å². The Kier molecular flexibility index (Phi) is 4.31. The van der Waals surface area contributed by atoms with Crippen molar-refractivity contribution >= 4 is 44.1 Å². The molecule has 3 rings (SSSR count). The van der Waals surface area contributed by atoms with Gasteiger partial charge >= 0.3 is 0 Å². The van der Waals surface area contributed by atoms with Crippen LogP contribution in [0.2, 0.25) is 5.02 Å². The summed E-state index contributed by atoms with van der Waals surface area (Å²) >= 11 is 5.93. The van der Waals surface area contributed by atoms with Crippen LogP contribution in [0, 0.1) is 0 Å². The van der Waals surface area contributed by atoms with Crippen molar-refractivity contribution in [2.75, 3.05) is 5.32 Å². The lowest BCUT2D eigenvalue weighted by Crippen LogP contribution is -2.15. The summed E-state index contributed by atoms with van der Waals surface area (Å²) in [7, 11) is -3.58. The Balaban J connectivity index is 1.76. The number of hydrogen-bond donors (Lipinski definition) is 3. The van der Waals surface area contributed by atoms with Crippen LogP contribution in [0.15, 0.2) is 48.5 Å². The molecule has 0 radical (unpaired) electrons. The number of nitrogens with one attached hydrogen (secondary N) is 2. The van der Waals surface area contributed by atoms with Gasteiger partial charge in [-0.25, -0.2) is 13.6 Å². The number of fused-ring (bicyclic) bond motifs is 1. The first kappa shape index (κ1) is 16.5. The number of H-pyrrole nitrogens is 1. The van der Waals surface area contributed by atoms with Gasteiger partial charge in [0.1, 0.15) is 5.69 Å². The molecule has 0 spiro atoms. The predicted octanol–water partition coefficient (Wildman–Crippen LogP) is 2.86. The van der Waals surface area contributed by atoms with E-state index in [2.05, 4.69) is 10.3 Å². The molecule has 0 bridgehead atoms. The van der Waals surface area contributed by atoms with Gasteiger partial charge in [-0.3, -0.25) is 4.79 Å². The topological polar surface area (TPSA) is 105 Å². The second kappa shape index (κ2) is 6.27. The Labute approximate surface area is 143 Å². The van der Waals surface area contributed by atoms with Crippen molar-refractivity contribution in [3.05, 3.63) is 64.8 Å². The minimum Gasteiger partial charge on any atom is -0.351 e. The Bertz CT molecular complexity index is 1010. The molecule has 0 atom stereocenters. The molecule has 124 valence electrons. The van der Waals surface area contributed by atoms with Crippen LogP contribution in [0.25, 0.3) is 10.9 Å². The molecule has 0 aliphatic heterocycles. The van der Waals surface area contributed by atoms with Crippen LogP contribution in [0.5, 0.6) is 0 Å². The maximum absolute atomic E-state index is 12.3. The second-order valence-electron chi connectivity index (χ2n) is 5.37. The molecule has 1 heterocycles. The number of nitrogens with two attached hydrogens (primary N) is 1. The van der Waals surface area contributed by atoms with E-state index in [1.54, 1.807) is 48.5 Å². The molecule has 2 aromatic carbocycles. The van der Waals surface area contributed by atoms with E-state index in [1.165, 1.54) is 0 Å². The molecule has 3 aromatic rings. The van der Waals surface area contributed by atoms with Gasteiger partial charge in [0.25, 0.3) is 5.91 Å². The van der Waals surface area contributed by atoms with Crippen molar-refractivity contribution in [3.8, 4) is 0 Å². The molecule has 0 saturated carbocycles. The number of carbonyl (C=O) groups excluding carboxylic acids is 1. The fourth-order valence-electron chi connectivity index (χ4n) is 2.34. The van der Waals surface area contributed by atoms with Crippen LogP contribution in [0.3, 0.4) is 0 Å². The number of halogens is 1. The monoisotopic (exact) mass is 363 g/mol. The standard InChI is InChI=1S/C16H14ClN3O3S/c17-12-3-6-14-11(7-12)8-15(20-14)16(21)19-13-4-1-10(2-5-13)9-24(18,22)23/h1-8,20H,9H2,(H,19,21)(H2,18,22,23). The molecular formula is C16H14ClN3O3S. The third kappa shape index (κ3) is 3.94. The fraction of sp³-hybridized carbons (Fsp3) is 0.0625. The van der Waals surface area contributed by atoms with Crippen molar-refractivity contribution in [1.29, 1.82) is 0 Å². The lowest BCUT2D eigenvalue weighted by atomic mass is 10.2. The van der Waals surface area contributed by atoms with Crippen LogP contribution >= 0.6 is 11.6 Å². The molecule has 0 saturated heterocycles. The summed E-state index contributed by atoms with van der Waals surface area (Å²) in [6.07, 6.45) is 0. The van der Waals surface area contributed by atoms with E-state index in [0.717, 1.165) is 10.9 Å². The van der Waals surface area contributed by atoms with Crippen LogP contribution in [-0.2, 0) is 15.8 Å². The highest BCUT2D eigenvalue weighted by atomic mass is 35.5. The SMILES string of the molecule is NS(=O)(=O)Cc1ccc(NC(=O)c2cc3cc(Cl)ccc3[nH]2)cc1. The van der Waals surface area contributed by atoms with E-state index < -0.39 is 10.0 Å². The maximum atomic E-state index is 12.3. The average Bonchev–Trinajstić information content (AvgIpc) is 2.91. The quantitative estimate of drug-likeness (QED) is 0.663. The number of anilines is 1. The smallest absolute Gasteiger partial charge is 0.272 e. The summed E-state index contributed by atoms with van der Waals surface area (Å²) in [4.78, 5) is 15.3. The van der Waals surface area contributed by atoms with Crippen molar-refractivity contribution in [2.24, 2.45) is 5.14 Å². The predicted molar refractivity (Wildman–Crippen MR) is 94.5 cm³/mol. The molecule has 0 aliphatic rings. The molecule has 1 aromatic heterocycles. The van der Waals surface area contributed by atoms with Crippen LogP contribution in [0.4, 0.5) is 5.69 Å². The molecule has 8 heteroatoms. The van der Waals surface area contributed by atoms with Gasteiger partial charge in [0.05, 0.1) is 5.75 Å². The van der Waals surface area contributed by atoms with E-state index in [1.807, 2.05) is 0 Å². The molecule has 4 N–H and O–H groups in total. The lowest BCUT2D eigenvalue weighted by molar-refractivity contribution is 0.102.